The molecule has 1 unspecified atom stereocenters. The number of imidazole rings is 1. The Morgan fingerprint density at radius 2 is 2.06 bits per heavy atom. The molecule has 1 saturated heterocycles. The van der Waals surface area contributed by atoms with Gasteiger partial charge in [-0.2, -0.15) is 5.10 Å². The third-order valence-corrected chi connectivity index (χ3v) is 6.20. The van der Waals surface area contributed by atoms with Gasteiger partial charge in [-0.25, -0.2) is 23.2 Å². The Morgan fingerprint density at radius 1 is 1.29 bits per heavy atom. The first-order valence-corrected chi connectivity index (χ1v) is 11.4. The summed E-state index contributed by atoms with van der Waals surface area (Å²) in [5.41, 5.74) is 2.16. The van der Waals surface area contributed by atoms with Crippen molar-refractivity contribution in [3.63, 3.8) is 0 Å². The molecule has 4 heterocycles. The van der Waals surface area contributed by atoms with Gasteiger partial charge in [0.25, 0.3) is 0 Å². The fourth-order valence-corrected chi connectivity index (χ4v) is 4.47. The maximum Gasteiger partial charge on any atom is 0.407 e. The highest BCUT2D eigenvalue weighted by Gasteiger charge is 2.28. The Kier molecular flexibility index (Phi) is 5.82. The minimum atomic E-state index is -1.03. The molecule has 11 heteroatoms. The van der Waals surface area contributed by atoms with E-state index in [1.165, 1.54) is 27.9 Å². The maximum atomic E-state index is 15.4. The van der Waals surface area contributed by atoms with Crippen LogP contribution in [0.4, 0.5) is 13.6 Å². The van der Waals surface area contributed by atoms with Gasteiger partial charge in [0.1, 0.15) is 17.3 Å². The number of morpholine rings is 1. The lowest BCUT2D eigenvalue weighted by molar-refractivity contribution is -0.0214. The van der Waals surface area contributed by atoms with Gasteiger partial charge < -0.3 is 19.1 Å². The van der Waals surface area contributed by atoms with Crippen molar-refractivity contribution in [3.8, 4) is 16.9 Å². The number of hydrogen-bond donors (Lipinski definition) is 1. The first-order chi connectivity index (χ1) is 16.3. The standard InChI is InChI=1S/C23H20BrF2N5O3/c1-13-2-3-30-19(9-16-12-29(23(32)33)4-5-34-16)22(28-20(30)6-13)21-17(25)7-15(8-18(21)26)31-11-14(24)10-27-31/h2-3,6-8,10-11,16H,4-5,9,12H2,1H3,(H,32,33). The SMILES string of the molecule is Cc1ccn2c(CC3CN(C(=O)O)CCO3)c(-c3c(F)cc(-n4cc(Br)cn4)cc3F)nc2c1. The second kappa shape index (κ2) is 8.80. The zero-order chi connectivity index (χ0) is 24.0. The molecule has 1 amide bonds. The van der Waals surface area contributed by atoms with E-state index in [0.717, 1.165) is 5.56 Å². The Balaban J connectivity index is 1.60. The number of amides is 1. The van der Waals surface area contributed by atoms with Crippen LogP contribution >= 0.6 is 15.9 Å². The Hall–Kier alpha value is -3.31. The number of benzene rings is 1. The number of hydrogen-bond acceptors (Lipinski definition) is 4. The molecule has 5 rings (SSSR count). The lowest BCUT2D eigenvalue weighted by atomic mass is 10.0. The number of pyridine rings is 1. The van der Waals surface area contributed by atoms with Gasteiger partial charge in [-0.1, -0.05) is 0 Å². The van der Waals surface area contributed by atoms with Crippen LogP contribution < -0.4 is 0 Å². The quantitative estimate of drug-likeness (QED) is 0.420. The van der Waals surface area contributed by atoms with Crippen molar-refractivity contribution in [1.82, 2.24) is 24.1 Å². The van der Waals surface area contributed by atoms with E-state index in [4.69, 9.17) is 4.74 Å². The second-order valence-corrected chi connectivity index (χ2v) is 9.07. The predicted molar refractivity (Wildman–Crippen MR) is 123 cm³/mol. The summed E-state index contributed by atoms with van der Waals surface area (Å²) >= 11 is 3.28. The van der Waals surface area contributed by atoms with Gasteiger partial charge in [0, 0.05) is 37.5 Å². The molecule has 0 saturated carbocycles. The van der Waals surface area contributed by atoms with Gasteiger partial charge in [-0.15, -0.1) is 0 Å². The van der Waals surface area contributed by atoms with Gasteiger partial charge in [0.05, 0.1) is 52.6 Å². The zero-order valence-electron chi connectivity index (χ0n) is 18.1. The van der Waals surface area contributed by atoms with Crippen LogP contribution in [0.1, 0.15) is 11.3 Å². The molecular weight excluding hydrogens is 512 g/mol. The largest absolute Gasteiger partial charge is 0.465 e. The van der Waals surface area contributed by atoms with E-state index in [0.29, 0.717) is 15.8 Å². The third kappa shape index (κ3) is 4.16. The van der Waals surface area contributed by atoms with Crippen molar-refractivity contribution in [2.75, 3.05) is 19.7 Å². The van der Waals surface area contributed by atoms with Crippen LogP contribution in [-0.2, 0) is 11.2 Å². The molecule has 1 aliphatic rings. The van der Waals surface area contributed by atoms with E-state index in [1.807, 2.05) is 19.1 Å². The average Bonchev–Trinajstić information content (AvgIpc) is 3.37. The number of aryl methyl sites for hydroxylation is 1. The summed E-state index contributed by atoms with van der Waals surface area (Å²) in [5, 5.41) is 13.4. The van der Waals surface area contributed by atoms with Crippen molar-refractivity contribution in [1.29, 1.82) is 0 Å². The molecule has 176 valence electrons. The van der Waals surface area contributed by atoms with E-state index >= 15 is 8.78 Å². The Morgan fingerprint density at radius 3 is 2.74 bits per heavy atom. The minimum absolute atomic E-state index is 0.157. The van der Waals surface area contributed by atoms with Crippen LogP contribution in [0, 0.1) is 18.6 Å². The summed E-state index contributed by atoms with van der Waals surface area (Å²) in [4.78, 5) is 17.3. The lowest BCUT2D eigenvalue weighted by Gasteiger charge is -2.31. The normalized spacial score (nSPS) is 16.4. The molecule has 8 nitrogen and oxygen atoms in total. The van der Waals surface area contributed by atoms with Crippen molar-refractivity contribution in [3.05, 3.63) is 70.2 Å². The van der Waals surface area contributed by atoms with Crippen molar-refractivity contribution in [2.45, 2.75) is 19.4 Å². The molecule has 1 atom stereocenters. The molecule has 1 N–H and O–H groups in total. The average molecular weight is 532 g/mol. The highest BCUT2D eigenvalue weighted by Crippen LogP contribution is 2.33. The fraction of sp³-hybridized carbons (Fsp3) is 0.261. The molecule has 0 aliphatic carbocycles. The van der Waals surface area contributed by atoms with Gasteiger partial charge >= 0.3 is 6.09 Å². The highest BCUT2D eigenvalue weighted by molar-refractivity contribution is 9.10. The molecule has 1 aliphatic heterocycles. The second-order valence-electron chi connectivity index (χ2n) is 8.15. The number of ether oxygens (including phenoxy) is 1. The van der Waals surface area contributed by atoms with Crippen molar-refractivity contribution < 1.29 is 23.4 Å². The number of nitrogens with zero attached hydrogens (tertiary/aromatic N) is 5. The van der Waals surface area contributed by atoms with E-state index in [2.05, 4.69) is 26.0 Å². The van der Waals surface area contributed by atoms with Crippen LogP contribution in [0.15, 0.2) is 47.3 Å². The maximum absolute atomic E-state index is 15.4. The highest BCUT2D eigenvalue weighted by atomic mass is 79.9. The molecule has 1 fully saturated rings. The Labute approximate surface area is 201 Å². The first kappa shape index (κ1) is 22.5. The topological polar surface area (TPSA) is 84.9 Å². The van der Waals surface area contributed by atoms with Gasteiger partial charge in [-0.05, 0) is 40.5 Å². The Bertz CT molecular complexity index is 1380. The number of carboxylic acid groups (broad SMARTS) is 1. The monoisotopic (exact) mass is 531 g/mol. The number of carbonyl (C=O) groups is 1. The molecule has 4 aromatic rings. The number of fused-ring (bicyclic) bond motifs is 1. The number of halogens is 3. The minimum Gasteiger partial charge on any atom is -0.465 e. The zero-order valence-corrected chi connectivity index (χ0v) is 19.7. The molecule has 1 aromatic carbocycles. The predicted octanol–water partition coefficient (Wildman–Crippen LogP) is 4.46. The van der Waals surface area contributed by atoms with Crippen LogP contribution in [0.3, 0.4) is 0 Å². The van der Waals surface area contributed by atoms with Crippen LogP contribution in [-0.4, -0.2) is 61.1 Å². The third-order valence-electron chi connectivity index (χ3n) is 5.79. The summed E-state index contributed by atoms with van der Waals surface area (Å²) in [6.07, 6.45) is 3.64. The van der Waals surface area contributed by atoms with E-state index in [1.54, 1.807) is 16.8 Å². The molecule has 0 radical (unpaired) electrons. The molecule has 0 spiro atoms. The van der Waals surface area contributed by atoms with Crippen molar-refractivity contribution >= 4 is 27.7 Å². The van der Waals surface area contributed by atoms with Gasteiger partial charge in [0.15, 0.2) is 0 Å². The van der Waals surface area contributed by atoms with Crippen LogP contribution in [0.2, 0.25) is 0 Å². The molecular formula is C23H20BrF2N5O3. The molecule has 0 bridgehead atoms. The smallest absolute Gasteiger partial charge is 0.407 e. The fourth-order valence-electron chi connectivity index (χ4n) is 4.19. The summed E-state index contributed by atoms with van der Waals surface area (Å²) < 4.78 is 40.3. The number of aromatic nitrogens is 4. The molecule has 34 heavy (non-hydrogen) atoms. The molecule has 3 aromatic heterocycles. The van der Waals surface area contributed by atoms with Crippen LogP contribution in [0.5, 0.6) is 0 Å². The summed E-state index contributed by atoms with van der Waals surface area (Å²) in [6, 6.07) is 6.11. The van der Waals surface area contributed by atoms with Crippen LogP contribution in [0.25, 0.3) is 22.6 Å². The van der Waals surface area contributed by atoms with Crippen molar-refractivity contribution in [2.24, 2.45) is 0 Å². The summed E-state index contributed by atoms with van der Waals surface area (Å²) in [7, 11) is 0. The van der Waals surface area contributed by atoms with Gasteiger partial charge in [-0.3, -0.25) is 0 Å². The van der Waals surface area contributed by atoms with E-state index in [-0.39, 0.29) is 43.1 Å². The summed E-state index contributed by atoms with van der Waals surface area (Å²) in [6.45, 7) is 2.59. The van der Waals surface area contributed by atoms with Gasteiger partial charge in [0.2, 0.25) is 0 Å². The van der Waals surface area contributed by atoms with E-state index < -0.39 is 23.8 Å². The number of rotatable bonds is 4. The lowest BCUT2D eigenvalue weighted by Crippen LogP contribution is -2.45. The first-order valence-electron chi connectivity index (χ1n) is 10.6. The summed E-state index contributed by atoms with van der Waals surface area (Å²) in [5.74, 6) is -1.56. The van der Waals surface area contributed by atoms with E-state index in [9.17, 15) is 9.90 Å².